The molecular weight excluding hydrogens is 196 g/mol. The van der Waals surface area contributed by atoms with Crippen molar-refractivity contribution in [3.63, 3.8) is 0 Å². The fourth-order valence-electron chi connectivity index (χ4n) is 1.25. The van der Waals surface area contributed by atoms with Gasteiger partial charge in [-0.3, -0.25) is 0 Å². The summed E-state index contributed by atoms with van der Waals surface area (Å²) < 4.78 is 0. The minimum atomic E-state index is -0.524. The van der Waals surface area contributed by atoms with Crippen LogP contribution in [0.15, 0.2) is 24.3 Å². The number of benzene rings is 1. The molecule has 1 rings (SSSR count). The van der Waals surface area contributed by atoms with E-state index in [0.29, 0.717) is 0 Å². The van der Waals surface area contributed by atoms with Crippen LogP contribution in [0.5, 0.6) is 0 Å². The predicted molar refractivity (Wildman–Crippen MR) is 59.8 cm³/mol. The highest BCUT2D eigenvalue weighted by Gasteiger charge is 2.14. The molecule has 1 aromatic rings. The lowest BCUT2D eigenvalue weighted by molar-refractivity contribution is -0.107. The summed E-state index contributed by atoms with van der Waals surface area (Å²) in [6.45, 7) is 6.46. The molecule has 0 fully saturated rings. The molecule has 0 aliphatic heterocycles. The van der Waals surface area contributed by atoms with Gasteiger partial charge in [-0.15, -0.1) is 11.6 Å². The van der Waals surface area contributed by atoms with Crippen molar-refractivity contribution in [2.75, 3.05) is 0 Å². The third-order valence-corrected chi connectivity index (χ3v) is 2.57. The van der Waals surface area contributed by atoms with E-state index >= 15 is 0 Å². The van der Waals surface area contributed by atoms with E-state index in [1.165, 1.54) is 5.56 Å². The van der Waals surface area contributed by atoms with Gasteiger partial charge in [-0.05, 0) is 16.5 Å². The molecule has 0 spiro atoms. The van der Waals surface area contributed by atoms with Crippen molar-refractivity contribution in [3.05, 3.63) is 35.4 Å². The lowest BCUT2D eigenvalue weighted by Crippen LogP contribution is -2.10. The van der Waals surface area contributed by atoms with Crippen molar-refractivity contribution >= 4 is 17.9 Å². The number of hydrogen-bond donors (Lipinski definition) is 0. The van der Waals surface area contributed by atoms with Gasteiger partial charge in [-0.25, -0.2) is 0 Å². The Bertz CT molecular complexity index is 308. The molecule has 0 aromatic heterocycles. The van der Waals surface area contributed by atoms with E-state index in [0.717, 1.165) is 11.8 Å². The van der Waals surface area contributed by atoms with E-state index in [-0.39, 0.29) is 5.41 Å². The van der Waals surface area contributed by atoms with Gasteiger partial charge >= 0.3 is 0 Å². The maximum atomic E-state index is 10.5. The summed E-state index contributed by atoms with van der Waals surface area (Å²) in [4.78, 5) is 10.5. The van der Waals surface area contributed by atoms with Crippen LogP contribution in [-0.2, 0) is 10.2 Å². The summed E-state index contributed by atoms with van der Waals surface area (Å²) in [5.41, 5.74) is 2.24. The smallest absolute Gasteiger partial charge is 0.142 e. The molecule has 76 valence electrons. The first-order chi connectivity index (χ1) is 6.45. The molecule has 0 radical (unpaired) electrons. The Labute approximate surface area is 90.1 Å². The van der Waals surface area contributed by atoms with Crippen LogP contribution in [0.25, 0.3) is 0 Å². The Morgan fingerprint density at radius 2 is 1.71 bits per heavy atom. The highest BCUT2D eigenvalue weighted by atomic mass is 35.5. The normalized spacial score (nSPS) is 13.7. The molecule has 0 saturated carbocycles. The first-order valence-corrected chi connectivity index (χ1v) is 5.08. The van der Waals surface area contributed by atoms with Crippen molar-refractivity contribution in [3.8, 4) is 0 Å². The molecule has 1 atom stereocenters. The van der Waals surface area contributed by atoms with E-state index in [2.05, 4.69) is 20.8 Å². The number of halogens is 1. The molecule has 0 aliphatic carbocycles. The zero-order chi connectivity index (χ0) is 10.8. The Kier molecular flexibility index (Phi) is 3.33. The van der Waals surface area contributed by atoms with Crippen LogP contribution in [0, 0.1) is 0 Å². The second kappa shape index (κ2) is 4.14. The molecule has 0 unspecified atom stereocenters. The van der Waals surface area contributed by atoms with E-state index in [1.54, 1.807) is 0 Å². The molecule has 0 aliphatic rings. The van der Waals surface area contributed by atoms with Crippen molar-refractivity contribution < 1.29 is 4.79 Å². The molecule has 1 nitrogen and oxygen atoms in total. The van der Waals surface area contributed by atoms with Gasteiger partial charge in [0.15, 0.2) is 0 Å². The second-order valence-electron chi connectivity index (χ2n) is 4.41. The van der Waals surface area contributed by atoms with Gasteiger partial charge in [0, 0.05) is 0 Å². The Morgan fingerprint density at radius 3 is 2.07 bits per heavy atom. The molecule has 0 amide bonds. The van der Waals surface area contributed by atoms with Gasteiger partial charge in [0.1, 0.15) is 11.7 Å². The minimum absolute atomic E-state index is 0.140. The first-order valence-electron chi connectivity index (χ1n) is 4.65. The Morgan fingerprint density at radius 1 is 1.21 bits per heavy atom. The van der Waals surface area contributed by atoms with Crippen LogP contribution in [0.1, 0.15) is 37.3 Å². The molecule has 0 heterocycles. The zero-order valence-electron chi connectivity index (χ0n) is 8.75. The van der Waals surface area contributed by atoms with Crippen molar-refractivity contribution in [1.29, 1.82) is 0 Å². The quantitative estimate of drug-likeness (QED) is 0.540. The van der Waals surface area contributed by atoms with Crippen LogP contribution in [0.4, 0.5) is 0 Å². The number of alkyl halides is 1. The molecule has 0 bridgehead atoms. The molecule has 0 N–H and O–H groups in total. The Balaban J connectivity index is 2.95. The fraction of sp³-hybridized carbons (Fsp3) is 0.417. The van der Waals surface area contributed by atoms with Crippen molar-refractivity contribution in [1.82, 2.24) is 0 Å². The molecular formula is C12H15ClO. The summed E-state index contributed by atoms with van der Waals surface area (Å²) in [6, 6.07) is 7.86. The number of carbonyl (C=O) groups is 1. The van der Waals surface area contributed by atoms with Gasteiger partial charge in [0.05, 0.1) is 0 Å². The largest absolute Gasteiger partial charge is 0.301 e. The van der Waals surface area contributed by atoms with Crippen LogP contribution in [-0.4, -0.2) is 6.29 Å². The summed E-state index contributed by atoms with van der Waals surface area (Å²) in [5, 5.41) is -0.524. The average molecular weight is 211 g/mol. The monoisotopic (exact) mass is 210 g/mol. The summed E-state index contributed by atoms with van der Waals surface area (Å²) >= 11 is 5.79. The average Bonchev–Trinajstić information content (AvgIpc) is 2.15. The lowest BCUT2D eigenvalue weighted by atomic mass is 9.86. The summed E-state index contributed by atoms with van der Waals surface area (Å²) in [6.07, 6.45) is 0.744. The fourth-order valence-corrected chi connectivity index (χ4v) is 1.39. The van der Waals surface area contributed by atoms with E-state index in [9.17, 15) is 4.79 Å². The highest BCUT2D eigenvalue weighted by molar-refractivity contribution is 6.27. The number of carbonyl (C=O) groups excluding carboxylic acids is 1. The SMILES string of the molecule is CC(C)(C)c1ccc([C@H](Cl)C=O)cc1. The maximum absolute atomic E-state index is 10.5. The number of aldehydes is 1. The van der Waals surface area contributed by atoms with Crippen molar-refractivity contribution in [2.45, 2.75) is 31.6 Å². The topological polar surface area (TPSA) is 17.1 Å². The second-order valence-corrected chi connectivity index (χ2v) is 4.88. The molecule has 1 aromatic carbocycles. The van der Waals surface area contributed by atoms with E-state index < -0.39 is 5.38 Å². The number of rotatable bonds is 2. The van der Waals surface area contributed by atoms with Crippen LogP contribution in [0.2, 0.25) is 0 Å². The third-order valence-electron chi connectivity index (χ3n) is 2.21. The lowest BCUT2D eigenvalue weighted by Gasteiger charge is -2.19. The van der Waals surface area contributed by atoms with Crippen LogP contribution >= 0.6 is 11.6 Å². The standard InChI is InChI=1S/C12H15ClO/c1-12(2,3)10-6-4-9(5-7-10)11(13)8-14/h4-8,11H,1-3H3/t11-/m1/s1. The van der Waals surface area contributed by atoms with Crippen LogP contribution < -0.4 is 0 Å². The highest BCUT2D eigenvalue weighted by Crippen LogP contribution is 2.25. The summed E-state index contributed by atoms with van der Waals surface area (Å²) in [5.74, 6) is 0. The van der Waals surface area contributed by atoms with E-state index in [1.807, 2.05) is 24.3 Å². The van der Waals surface area contributed by atoms with Crippen LogP contribution in [0.3, 0.4) is 0 Å². The number of hydrogen-bond acceptors (Lipinski definition) is 1. The van der Waals surface area contributed by atoms with Crippen molar-refractivity contribution in [2.24, 2.45) is 0 Å². The predicted octanol–water partition coefficient (Wildman–Crippen LogP) is 3.46. The minimum Gasteiger partial charge on any atom is -0.301 e. The van der Waals surface area contributed by atoms with Gasteiger partial charge in [-0.1, -0.05) is 45.0 Å². The molecule has 2 heteroatoms. The van der Waals surface area contributed by atoms with E-state index in [4.69, 9.17) is 11.6 Å². The Hall–Kier alpha value is -0.820. The van der Waals surface area contributed by atoms with Gasteiger partial charge in [0.25, 0.3) is 0 Å². The summed E-state index contributed by atoms with van der Waals surface area (Å²) in [7, 11) is 0. The third kappa shape index (κ3) is 2.58. The van der Waals surface area contributed by atoms with Gasteiger partial charge in [0.2, 0.25) is 0 Å². The zero-order valence-corrected chi connectivity index (χ0v) is 9.51. The maximum Gasteiger partial charge on any atom is 0.142 e. The molecule has 14 heavy (non-hydrogen) atoms. The van der Waals surface area contributed by atoms with Gasteiger partial charge < -0.3 is 4.79 Å². The first kappa shape index (κ1) is 11.3. The molecule has 0 saturated heterocycles. The van der Waals surface area contributed by atoms with Gasteiger partial charge in [-0.2, -0.15) is 0 Å².